The lowest BCUT2D eigenvalue weighted by atomic mass is 9.74. The molecular weight excluding hydrogens is 485 g/mol. The first-order valence-corrected chi connectivity index (χ1v) is 12.3. The smallest absolute Gasteiger partial charge is 0.307 e. The topological polar surface area (TPSA) is 38.8 Å². The van der Waals surface area contributed by atoms with E-state index in [0.717, 1.165) is 48.3 Å². The van der Waals surface area contributed by atoms with Gasteiger partial charge in [0.2, 0.25) is 0 Å². The van der Waals surface area contributed by atoms with Gasteiger partial charge in [-0.2, -0.15) is 0 Å². The van der Waals surface area contributed by atoms with E-state index in [0.29, 0.717) is 18.6 Å². The molecule has 0 unspecified atom stereocenters. The maximum Gasteiger partial charge on any atom is 0.307 e. The van der Waals surface area contributed by atoms with Gasteiger partial charge in [0.15, 0.2) is 0 Å². The molecule has 0 aromatic heterocycles. The molecule has 33 heavy (non-hydrogen) atoms. The van der Waals surface area contributed by atoms with E-state index in [1.54, 1.807) is 12.1 Å². The number of piperidine rings is 1. The van der Waals surface area contributed by atoms with Crippen molar-refractivity contribution >= 4 is 34.1 Å². The average molecular weight is 516 g/mol. The number of nitrogens with zero attached hydrogens (tertiary/aromatic N) is 1. The van der Waals surface area contributed by atoms with Crippen LogP contribution in [0.5, 0.6) is 5.75 Å². The molecule has 6 heteroatoms. The van der Waals surface area contributed by atoms with Gasteiger partial charge in [-0.25, -0.2) is 4.39 Å². The Morgan fingerprint density at radius 1 is 1.21 bits per heavy atom. The summed E-state index contributed by atoms with van der Waals surface area (Å²) >= 11 is 3.41. The summed E-state index contributed by atoms with van der Waals surface area (Å²) in [6, 6.07) is 11.3. The molecule has 0 saturated carbocycles. The number of halogens is 2. The van der Waals surface area contributed by atoms with Gasteiger partial charge in [-0.1, -0.05) is 46.3 Å². The molecule has 0 amide bonds. The third-order valence-corrected chi connectivity index (χ3v) is 7.08. The first-order valence-electron chi connectivity index (χ1n) is 11.5. The quantitative estimate of drug-likeness (QED) is 0.350. The second-order valence-electron chi connectivity index (χ2n) is 9.97. The maximum absolute atomic E-state index is 14.1. The molecule has 176 valence electrons. The molecule has 0 radical (unpaired) electrons. The van der Waals surface area contributed by atoms with E-state index in [-0.39, 0.29) is 17.2 Å². The Bertz CT molecular complexity index is 1030. The Hall–Kier alpha value is -2.18. The second kappa shape index (κ2) is 9.59. The number of ether oxygens (including phenoxy) is 2. The molecule has 0 N–H and O–H groups in total. The second-order valence-corrected chi connectivity index (χ2v) is 10.8. The van der Waals surface area contributed by atoms with Gasteiger partial charge in [0.25, 0.3) is 0 Å². The minimum absolute atomic E-state index is 0.0363. The molecule has 2 aliphatic heterocycles. The zero-order chi connectivity index (χ0) is 23.6. The lowest BCUT2D eigenvalue weighted by Gasteiger charge is -2.38. The van der Waals surface area contributed by atoms with Gasteiger partial charge in [0, 0.05) is 27.6 Å². The summed E-state index contributed by atoms with van der Waals surface area (Å²) in [6.45, 7) is 8.99. The van der Waals surface area contributed by atoms with Crippen molar-refractivity contribution in [3.05, 3.63) is 63.4 Å². The van der Waals surface area contributed by atoms with E-state index < -0.39 is 5.60 Å². The van der Waals surface area contributed by atoms with Crippen LogP contribution in [-0.4, -0.2) is 42.7 Å². The molecule has 2 aromatic carbocycles. The number of esters is 1. The van der Waals surface area contributed by atoms with Crippen LogP contribution in [-0.2, 0) is 14.9 Å². The van der Waals surface area contributed by atoms with Crippen LogP contribution in [0.2, 0.25) is 0 Å². The molecule has 4 rings (SSSR count). The molecule has 0 bridgehead atoms. The Kier molecular flexibility index (Phi) is 6.96. The van der Waals surface area contributed by atoms with Gasteiger partial charge < -0.3 is 14.4 Å². The van der Waals surface area contributed by atoms with Crippen LogP contribution in [0.15, 0.2) is 40.9 Å². The van der Waals surface area contributed by atoms with Crippen molar-refractivity contribution in [2.45, 2.75) is 51.0 Å². The standard InChI is InChI=1S/C27H31BrFNO3/c1-26(2,3)33-25(31)11-14-30-15-12-27(13-16-30)18-32-24-17-19(8-10-21(24)27)7-9-20-22(28)5-4-6-23(20)29/h4-10,17H,11-16,18H2,1-3H3/b9-7+. The number of fused-ring (bicyclic) bond motifs is 2. The summed E-state index contributed by atoms with van der Waals surface area (Å²) in [5.74, 6) is 0.530. The average Bonchev–Trinajstić information content (AvgIpc) is 3.09. The van der Waals surface area contributed by atoms with E-state index in [9.17, 15) is 9.18 Å². The van der Waals surface area contributed by atoms with E-state index in [1.165, 1.54) is 11.6 Å². The van der Waals surface area contributed by atoms with Gasteiger partial charge in [-0.3, -0.25) is 4.79 Å². The monoisotopic (exact) mass is 515 g/mol. The molecule has 2 aromatic rings. The van der Waals surface area contributed by atoms with Gasteiger partial charge in [-0.15, -0.1) is 0 Å². The maximum atomic E-state index is 14.1. The van der Waals surface area contributed by atoms with Crippen LogP contribution in [0, 0.1) is 5.82 Å². The van der Waals surface area contributed by atoms with Crippen LogP contribution in [0.25, 0.3) is 12.2 Å². The summed E-state index contributed by atoms with van der Waals surface area (Å²) in [5, 5.41) is 0. The number of hydrogen-bond acceptors (Lipinski definition) is 4. The van der Waals surface area contributed by atoms with Gasteiger partial charge in [-0.05, 0) is 70.5 Å². The third-order valence-electron chi connectivity index (χ3n) is 6.39. The summed E-state index contributed by atoms with van der Waals surface area (Å²) in [5.41, 5.74) is 2.38. The fraction of sp³-hybridized carbons (Fsp3) is 0.444. The number of hydrogen-bond donors (Lipinski definition) is 0. The van der Waals surface area contributed by atoms with Crippen LogP contribution in [0.4, 0.5) is 4.39 Å². The molecule has 1 fully saturated rings. The molecule has 1 saturated heterocycles. The van der Waals surface area contributed by atoms with E-state index in [1.807, 2.05) is 39.0 Å². The highest BCUT2D eigenvalue weighted by molar-refractivity contribution is 9.10. The van der Waals surface area contributed by atoms with Crippen LogP contribution in [0.1, 0.15) is 56.7 Å². The molecule has 0 aliphatic carbocycles. The summed E-state index contributed by atoms with van der Waals surface area (Å²) in [7, 11) is 0. The molecule has 1 spiro atoms. The third kappa shape index (κ3) is 5.67. The van der Waals surface area contributed by atoms with Crippen molar-refractivity contribution in [1.82, 2.24) is 4.90 Å². The van der Waals surface area contributed by atoms with Gasteiger partial charge in [0.05, 0.1) is 13.0 Å². The van der Waals surface area contributed by atoms with Crippen molar-refractivity contribution in [3.63, 3.8) is 0 Å². The SMILES string of the molecule is CC(C)(C)OC(=O)CCN1CCC2(CC1)COc1cc(/C=C/c3c(F)cccc3Br)ccc12. The lowest BCUT2D eigenvalue weighted by Crippen LogP contribution is -2.44. The lowest BCUT2D eigenvalue weighted by molar-refractivity contribution is -0.155. The molecule has 0 atom stereocenters. The van der Waals surface area contributed by atoms with Crippen molar-refractivity contribution in [2.75, 3.05) is 26.2 Å². The number of likely N-dealkylation sites (tertiary alicyclic amines) is 1. The van der Waals surface area contributed by atoms with E-state index in [4.69, 9.17) is 9.47 Å². The number of carbonyl (C=O) groups is 1. The Balaban J connectivity index is 1.37. The fourth-order valence-electron chi connectivity index (χ4n) is 4.60. The Morgan fingerprint density at radius 3 is 2.67 bits per heavy atom. The molecule has 2 aliphatic rings. The van der Waals surface area contributed by atoms with Gasteiger partial charge in [0.1, 0.15) is 17.2 Å². The normalized spacial score (nSPS) is 17.8. The first kappa shape index (κ1) is 24.0. The highest BCUT2D eigenvalue weighted by Crippen LogP contribution is 2.46. The van der Waals surface area contributed by atoms with E-state index >= 15 is 0 Å². The highest BCUT2D eigenvalue weighted by atomic mass is 79.9. The van der Waals surface area contributed by atoms with Crippen molar-refractivity contribution in [2.24, 2.45) is 0 Å². The van der Waals surface area contributed by atoms with Gasteiger partial charge >= 0.3 is 5.97 Å². The largest absolute Gasteiger partial charge is 0.492 e. The van der Waals surface area contributed by atoms with E-state index in [2.05, 4.69) is 33.0 Å². The summed E-state index contributed by atoms with van der Waals surface area (Å²) in [6.07, 6.45) is 6.13. The Labute approximate surface area is 203 Å². The highest BCUT2D eigenvalue weighted by Gasteiger charge is 2.43. The minimum atomic E-state index is -0.437. The predicted octanol–water partition coefficient (Wildman–Crippen LogP) is 6.22. The fourth-order valence-corrected chi connectivity index (χ4v) is 5.08. The van der Waals surface area contributed by atoms with Crippen molar-refractivity contribution in [3.8, 4) is 5.75 Å². The molecule has 2 heterocycles. The number of carbonyl (C=O) groups excluding carboxylic acids is 1. The zero-order valence-corrected chi connectivity index (χ0v) is 21.1. The van der Waals surface area contributed by atoms with Crippen molar-refractivity contribution in [1.29, 1.82) is 0 Å². The molecular formula is C27H31BrFNO3. The summed E-state index contributed by atoms with van der Waals surface area (Å²) in [4.78, 5) is 14.4. The molecule has 4 nitrogen and oxygen atoms in total. The van der Waals surface area contributed by atoms with Crippen LogP contribution >= 0.6 is 15.9 Å². The number of rotatable bonds is 5. The predicted molar refractivity (Wildman–Crippen MR) is 133 cm³/mol. The zero-order valence-electron chi connectivity index (χ0n) is 19.5. The van der Waals surface area contributed by atoms with Crippen LogP contribution < -0.4 is 4.74 Å². The number of benzene rings is 2. The Morgan fingerprint density at radius 2 is 1.97 bits per heavy atom. The van der Waals surface area contributed by atoms with Crippen LogP contribution in [0.3, 0.4) is 0 Å². The van der Waals surface area contributed by atoms with Crippen molar-refractivity contribution < 1.29 is 18.7 Å². The minimum Gasteiger partial charge on any atom is -0.492 e. The summed E-state index contributed by atoms with van der Waals surface area (Å²) < 4.78 is 26.3. The first-order chi connectivity index (χ1) is 15.7.